The number of carbonyl (C=O) groups is 1. The summed E-state index contributed by atoms with van der Waals surface area (Å²) >= 11 is 12.1. The molecule has 2 heterocycles. The van der Waals surface area contributed by atoms with E-state index in [-0.39, 0.29) is 30.0 Å². The van der Waals surface area contributed by atoms with E-state index in [1.165, 1.54) is 22.4 Å². The fourth-order valence-corrected chi connectivity index (χ4v) is 3.45. The molecule has 0 bridgehead atoms. The van der Waals surface area contributed by atoms with E-state index in [4.69, 9.17) is 23.2 Å². The van der Waals surface area contributed by atoms with Crippen molar-refractivity contribution in [1.29, 1.82) is 0 Å². The maximum absolute atomic E-state index is 13.1. The van der Waals surface area contributed by atoms with Gasteiger partial charge in [-0.05, 0) is 31.0 Å². The summed E-state index contributed by atoms with van der Waals surface area (Å²) < 4.78 is 4.05. The van der Waals surface area contributed by atoms with Crippen LogP contribution in [0.1, 0.15) is 25.8 Å². The van der Waals surface area contributed by atoms with Gasteiger partial charge in [-0.3, -0.25) is 18.7 Å². The second-order valence-electron chi connectivity index (χ2n) is 6.31. The van der Waals surface area contributed by atoms with Crippen LogP contribution >= 0.6 is 23.2 Å². The summed E-state index contributed by atoms with van der Waals surface area (Å²) in [5, 5.41) is 0.836. The topological polar surface area (TPSA) is 78.9 Å². The standard InChI is InChI=1S/C18H18Cl2N4O3/c1-3-6-23-16-15(22(10-21-16)8-11(2)25)17(26)24(18(23)27)9-12-4-5-13(19)7-14(12)20/h4-5,7,10H,3,6,8-9H2,1-2H3. The molecule has 2 aromatic heterocycles. The Morgan fingerprint density at radius 1 is 1.19 bits per heavy atom. The van der Waals surface area contributed by atoms with Gasteiger partial charge in [-0.1, -0.05) is 36.2 Å². The molecule has 0 aliphatic carbocycles. The molecule has 27 heavy (non-hydrogen) atoms. The highest BCUT2D eigenvalue weighted by atomic mass is 35.5. The summed E-state index contributed by atoms with van der Waals surface area (Å²) in [6, 6.07) is 4.89. The molecule has 1 aromatic carbocycles. The first kappa shape index (κ1) is 19.4. The number of Topliss-reactive ketones (excluding diaryl/α,β-unsaturated/α-hetero) is 1. The Labute approximate surface area is 164 Å². The van der Waals surface area contributed by atoms with Crippen LogP contribution in [0.2, 0.25) is 10.0 Å². The van der Waals surface area contributed by atoms with Crippen molar-refractivity contribution in [2.75, 3.05) is 0 Å². The molecule has 0 saturated heterocycles. The number of rotatable bonds is 6. The molecule has 3 aromatic rings. The van der Waals surface area contributed by atoms with Crippen molar-refractivity contribution in [3.63, 3.8) is 0 Å². The smallest absolute Gasteiger partial charge is 0.317 e. The molecule has 0 N–H and O–H groups in total. The molecule has 142 valence electrons. The van der Waals surface area contributed by atoms with E-state index in [0.29, 0.717) is 28.6 Å². The highest BCUT2D eigenvalue weighted by Gasteiger charge is 2.19. The first-order valence-corrected chi connectivity index (χ1v) is 9.21. The molecule has 0 atom stereocenters. The zero-order chi connectivity index (χ0) is 19.7. The van der Waals surface area contributed by atoms with Crippen LogP contribution in [0.25, 0.3) is 11.2 Å². The molecule has 0 spiro atoms. The van der Waals surface area contributed by atoms with E-state index in [2.05, 4.69) is 4.98 Å². The first-order valence-electron chi connectivity index (χ1n) is 8.45. The summed E-state index contributed by atoms with van der Waals surface area (Å²) in [6.07, 6.45) is 2.10. The third kappa shape index (κ3) is 3.70. The molecule has 0 unspecified atom stereocenters. The average molecular weight is 409 g/mol. The summed E-state index contributed by atoms with van der Waals surface area (Å²) in [6.45, 7) is 3.77. The van der Waals surface area contributed by atoms with Crippen LogP contribution in [-0.4, -0.2) is 24.5 Å². The van der Waals surface area contributed by atoms with Crippen LogP contribution in [0.3, 0.4) is 0 Å². The van der Waals surface area contributed by atoms with Crippen molar-refractivity contribution in [2.45, 2.75) is 39.9 Å². The summed E-state index contributed by atoms with van der Waals surface area (Å²) in [4.78, 5) is 41.8. The van der Waals surface area contributed by atoms with Crippen LogP contribution in [0.5, 0.6) is 0 Å². The van der Waals surface area contributed by atoms with Crippen LogP contribution < -0.4 is 11.2 Å². The Morgan fingerprint density at radius 2 is 1.93 bits per heavy atom. The number of aryl methyl sites for hydroxylation is 1. The lowest BCUT2D eigenvalue weighted by Gasteiger charge is -2.12. The SMILES string of the molecule is CCCn1c(=O)n(Cc2ccc(Cl)cc2Cl)c(=O)c2c1ncn2CC(C)=O. The van der Waals surface area contributed by atoms with E-state index < -0.39 is 11.2 Å². The molecule has 9 heteroatoms. The van der Waals surface area contributed by atoms with Crippen LogP contribution in [-0.2, 0) is 24.4 Å². The van der Waals surface area contributed by atoms with Gasteiger partial charge in [0.05, 0.1) is 19.4 Å². The van der Waals surface area contributed by atoms with Crippen molar-refractivity contribution in [2.24, 2.45) is 0 Å². The number of hydrogen-bond acceptors (Lipinski definition) is 4. The fourth-order valence-electron chi connectivity index (χ4n) is 2.98. The highest BCUT2D eigenvalue weighted by Crippen LogP contribution is 2.21. The molecule has 0 radical (unpaired) electrons. The predicted octanol–water partition coefficient (Wildman–Crippen LogP) is 2.71. The quantitative estimate of drug-likeness (QED) is 0.627. The minimum absolute atomic E-state index is 0.00141. The molecule has 0 aliphatic heterocycles. The summed E-state index contributed by atoms with van der Waals surface area (Å²) in [5.41, 5.74) is 0.135. The van der Waals surface area contributed by atoms with Gasteiger partial charge in [0.25, 0.3) is 5.56 Å². The van der Waals surface area contributed by atoms with Gasteiger partial charge in [-0.2, -0.15) is 0 Å². The van der Waals surface area contributed by atoms with Gasteiger partial charge in [0.2, 0.25) is 0 Å². The monoisotopic (exact) mass is 408 g/mol. The number of halogens is 2. The zero-order valence-electron chi connectivity index (χ0n) is 14.9. The van der Waals surface area contributed by atoms with Gasteiger partial charge in [0.15, 0.2) is 11.2 Å². The van der Waals surface area contributed by atoms with Crippen molar-refractivity contribution in [1.82, 2.24) is 18.7 Å². The van der Waals surface area contributed by atoms with Crippen LogP contribution in [0, 0.1) is 0 Å². The van der Waals surface area contributed by atoms with Gasteiger partial charge < -0.3 is 4.57 Å². The second kappa shape index (κ2) is 7.70. The lowest BCUT2D eigenvalue weighted by atomic mass is 10.2. The zero-order valence-corrected chi connectivity index (χ0v) is 16.4. The molecule has 0 aliphatic rings. The van der Waals surface area contributed by atoms with Gasteiger partial charge >= 0.3 is 5.69 Å². The van der Waals surface area contributed by atoms with E-state index in [0.717, 1.165) is 4.57 Å². The minimum atomic E-state index is -0.507. The largest absolute Gasteiger partial charge is 0.333 e. The highest BCUT2D eigenvalue weighted by molar-refractivity contribution is 6.35. The summed E-state index contributed by atoms with van der Waals surface area (Å²) in [5.74, 6) is -0.116. The number of imidazole rings is 1. The number of carbonyl (C=O) groups excluding carboxylic acids is 1. The number of nitrogens with zero attached hydrogens (tertiary/aromatic N) is 4. The lowest BCUT2D eigenvalue weighted by Crippen LogP contribution is -2.41. The normalized spacial score (nSPS) is 11.3. The van der Waals surface area contributed by atoms with E-state index in [1.807, 2.05) is 6.92 Å². The third-order valence-electron chi connectivity index (χ3n) is 4.17. The van der Waals surface area contributed by atoms with E-state index in [9.17, 15) is 14.4 Å². The Hall–Kier alpha value is -2.38. The molecule has 0 saturated carbocycles. The minimum Gasteiger partial charge on any atom is -0.317 e. The maximum Gasteiger partial charge on any atom is 0.333 e. The van der Waals surface area contributed by atoms with Gasteiger partial charge in [-0.25, -0.2) is 9.78 Å². The van der Waals surface area contributed by atoms with Gasteiger partial charge in [0.1, 0.15) is 5.78 Å². The number of hydrogen-bond donors (Lipinski definition) is 0. The predicted molar refractivity (Wildman–Crippen MR) is 105 cm³/mol. The number of fused-ring (bicyclic) bond motifs is 1. The Morgan fingerprint density at radius 3 is 2.56 bits per heavy atom. The maximum atomic E-state index is 13.1. The van der Waals surface area contributed by atoms with Crippen molar-refractivity contribution in [3.05, 3.63) is 61.0 Å². The Balaban J connectivity index is 2.26. The number of benzene rings is 1. The second-order valence-corrected chi connectivity index (χ2v) is 7.15. The van der Waals surface area contributed by atoms with E-state index >= 15 is 0 Å². The number of aromatic nitrogens is 4. The van der Waals surface area contributed by atoms with Crippen LogP contribution in [0.4, 0.5) is 0 Å². The Kier molecular flexibility index (Phi) is 5.53. The molecule has 0 amide bonds. The van der Waals surface area contributed by atoms with Gasteiger partial charge in [0, 0.05) is 16.6 Å². The fraction of sp³-hybridized carbons (Fsp3) is 0.333. The number of ketones is 1. The van der Waals surface area contributed by atoms with Crippen LogP contribution in [0.15, 0.2) is 34.1 Å². The molecule has 7 nitrogen and oxygen atoms in total. The molecular formula is C18H18Cl2N4O3. The average Bonchev–Trinajstić information content (AvgIpc) is 3.00. The third-order valence-corrected chi connectivity index (χ3v) is 4.75. The van der Waals surface area contributed by atoms with Crippen molar-refractivity contribution >= 4 is 40.1 Å². The van der Waals surface area contributed by atoms with Crippen molar-refractivity contribution < 1.29 is 4.79 Å². The lowest BCUT2D eigenvalue weighted by molar-refractivity contribution is -0.117. The van der Waals surface area contributed by atoms with Gasteiger partial charge in [-0.15, -0.1) is 0 Å². The molecular weight excluding hydrogens is 391 g/mol. The first-order chi connectivity index (χ1) is 12.8. The summed E-state index contributed by atoms with van der Waals surface area (Å²) in [7, 11) is 0. The Bertz CT molecular complexity index is 1140. The molecule has 0 fully saturated rings. The molecule has 3 rings (SSSR count). The van der Waals surface area contributed by atoms with E-state index in [1.54, 1.807) is 18.2 Å². The van der Waals surface area contributed by atoms with Crippen molar-refractivity contribution in [3.8, 4) is 0 Å².